The lowest BCUT2D eigenvalue weighted by atomic mass is 10.2. The lowest BCUT2D eigenvalue weighted by Gasteiger charge is -2.25. The third kappa shape index (κ3) is 6.66. The van der Waals surface area contributed by atoms with Gasteiger partial charge in [-0.3, -0.25) is 9.88 Å². The van der Waals surface area contributed by atoms with Gasteiger partial charge in [-0.05, 0) is 48.5 Å². The summed E-state index contributed by atoms with van der Waals surface area (Å²) in [5, 5.41) is 8.98. The fraction of sp³-hybridized carbons (Fsp3) is 0.321. The first-order chi connectivity index (χ1) is 19.7. The number of benzene rings is 1. The number of anilines is 2. The second-order valence-electron chi connectivity index (χ2n) is 9.45. The Morgan fingerprint density at radius 3 is 2.42 bits per heavy atom. The van der Waals surface area contributed by atoms with E-state index in [1.165, 1.54) is 4.88 Å². The maximum absolute atomic E-state index is 12.4. The lowest BCUT2D eigenvalue weighted by molar-refractivity contribution is 0.0221. The van der Waals surface area contributed by atoms with Gasteiger partial charge in [-0.1, -0.05) is 0 Å². The smallest absolute Gasteiger partial charge is 0.323 e. The van der Waals surface area contributed by atoms with Crippen molar-refractivity contribution < 1.29 is 14.3 Å². The summed E-state index contributed by atoms with van der Waals surface area (Å²) in [5.74, 6) is 1.80. The van der Waals surface area contributed by atoms with Crippen molar-refractivity contribution in [3.05, 3.63) is 71.6 Å². The second-order valence-corrected chi connectivity index (χ2v) is 10.6. The number of nitrogens with one attached hydrogen (secondary N) is 3. The number of pyridine rings is 1. The lowest BCUT2D eigenvalue weighted by Crippen LogP contribution is -2.35. The van der Waals surface area contributed by atoms with Crippen molar-refractivity contribution in [3.63, 3.8) is 0 Å². The number of carbonyl (C=O) groups excluding carboxylic acids is 1. The molecule has 6 rings (SSSR count). The molecule has 0 aliphatic carbocycles. The van der Waals surface area contributed by atoms with Crippen LogP contribution in [0.4, 0.5) is 16.2 Å². The standard InChI is InChI=1S/C28H30N8O3S/c37-28(32-21-7-9-29-10-8-21)31-20-3-1-19(2-4-20)25-33-26(23-17-30-11-14-39-23)35-27(34-25)24-6-5-22(40-24)18-36-12-15-38-16-13-36/h1-10,23,30H,11-18H2,(H2,29,31,32,37). The number of nitrogens with zero attached hydrogens (tertiary/aromatic N) is 5. The average molecular weight is 559 g/mol. The maximum Gasteiger partial charge on any atom is 0.323 e. The van der Waals surface area contributed by atoms with Gasteiger partial charge in [-0.25, -0.2) is 19.7 Å². The van der Waals surface area contributed by atoms with E-state index in [9.17, 15) is 4.79 Å². The Morgan fingerprint density at radius 1 is 0.925 bits per heavy atom. The number of hydrogen-bond donors (Lipinski definition) is 3. The number of hydrogen-bond acceptors (Lipinski definition) is 10. The molecule has 1 aromatic carbocycles. The van der Waals surface area contributed by atoms with Gasteiger partial charge in [0.15, 0.2) is 17.5 Å². The van der Waals surface area contributed by atoms with E-state index in [0.29, 0.717) is 42.0 Å². The van der Waals surface area contributed by atoms with Gasteiger partial charge in [-0.15, -0.1) is 11.3 Å². The van der Waals surface area contributed by atoms with Crippen LogP contribution in [0.25, 0.3) is 22.1 Å². The van der Waals surface area contributed by atoms with Crippen LogP contribution in [0.2, 0.25) is 0 Å². The molecule has 40 heavy (non-hydrogen) atoms. The molecule has 12 heteroatoms. The van der Waals surface area contributed by atoms with Crippen molar-refractivity contribution in [1.82, 2.24) is 30.2 Å². The van der Waals surface area contributed by atoms with Crippen LogP contribution in [0.1, 0.15) is 16.8 Å². The van der Waals surface area contributed by atoms with Gasteiger partial charge >= 0.3 is 6.03 Å². The van der Waals surface area contributed by atoms with Gasteiger partial charge in [0, 0.05) is 66.9 Å². The molecule has 0 saturated carbocycles. The largest absolute Gasteiger partial charge is 0.379 e. The van der Waals surface area contributed by atoms with Crippen LogP contribution in [0.3, 0.4) is 0 Å². The highest BCUT2D eigenvalue weighted by molar-refractivity contribution is 7.15. The molecule has 5 heterocycles. The first-order valence-electron chi connectivity index (χ1n) is 13.3. The molecule has 1 atom stereocenters. The molecule has 1 unspecified atom stereocenters. The van der Waals surface area contributed by atoms with Gasteiger partial charge in [0.2, 0.25) is 0 Å². The molecule has 2 aliphatic heterocycles. The number of carbonyl (C=O) groups is 1. The van der Waals surface area contributed by atoms with Crippen molar-refractivity contribution in [3.8, 4) is 22.1 Å². The quantitative estimate of drug-likeness (QED) is 0.310. The van der Waals surface area contributed by atoms with E-state index in [-0.39, 0.29) is 12.1 Å². The van der Waals surface area contributed by atoms with Gasteiger partial charge in [0.05, 0.1) is 24.7 Å². The summed E-state index contributed by atoms with van der Waals surface area (Å²) in [6.07, 6.45) is 2.99. The van der Waals surface area contributed by atoms with Crippen LogP contribution >= 0.6 is 11.3 Å². The summed E-state index contributed by atoms with van der Waals surface area (Å²) < 4.78 is 11.5. The molecular formula is C28H30N8O3S. The third-order valence-electron chi connectivity index (χ3n) is 6.57. The minimum absolute atomic E-state index is 0.250. The van der Waals surface area contributed by atoms with E-state index in [1.54, 1.807) is 35.9 Å². The molecule has 3 N–H and O–H groups in total. The normalized spacial score (nSPS) is 17.9. The highest BCUT2D eigenvalue weighted by atomic mass is 32.1. The van der Waals surface area contributed by atoms with Crippen molar-refractivity contribution >= 4 is 28.7 Å². The Morgan fingerprint density at radius 2 is 1.68 bits per heavy atom. The number of morpholine rings is 2. The van der Waals surface area contributed by atoms with Crippen LogP contribution in [0.15, 0.2) is 60.9 Å². The molecule has 2 amide bonds. The molecule has 3 aromatic heterocycles. The van der Waals surface area contributed by atoms with E-state index in [2.05, 4.69) is 38.0 Å². The number of amides is 2. The van der Waals surface area contributed by atoms with Crippen LogP contribution in [-0.4, -0.2) is 76.9 Å². The van der Waals surface area contributed by atoms with Gasteiger partial charge in [0.1, 0.15) is 6.10 Å². The summed E-state index contributed by atoms with van der Waals surface area (Å²) in [4.78, 5) is 35.5. The SMILES string of the molecule is O=C(Nc1ccncc1)Nc1ccc(-c2nc(-c3ccc(CN4CCOCC4)s3)nc(C3CNCCO3)n2)cc1. The molecular weight excluding hydrogens is 528 g/mol. The number of rotatable bonds is 7. The molecule has 2 fully saturated rings. The minimum Gasteiger partial charge on any atom is -0.379 e. The van der Waals surface area contributed by atoms with Crippen molar-refractivity contribution in [2.45, 2.75) is 12.6 Å². The summed E-state index contributed by atoms with van der Waals surface area (Å²) >= 11 is 1.70. The Bertz CT molecular complexity index is 1420. The number of urea groups is 1. The first kappa shape index (κ1) is 26.4. The zero-order valence-electron chi connectivity index (χ0n) is 21.9. The highest BCUT2D eigenvalue weighted by Crippen LogP contribution is 2.30. The summed E-state index contributed by atoms with van der Waals surface area (Å²) in [6, 6.07) is 14.8. The van der Waals surface area contributed by atoms with E-state index in [4.69, 9.17) is 24.4 Å². The molecule has 206 valence electrons. The third-order valence-corrected chi connectivity index (χ3v) is 7.64. The van der Waals surface area contributed by atoms with E-state index >= 15 is 0 Å². The maximum atomic E-state index is 12.4. The molecule has 2 aliphatic rings. The number of aromatic nitrogens is 4. The van der Waals surface area contributed by atoms with Crippen molar-refractivity contribution in [2.24, 2.45) is 0 Å². The minimum atomic E-state index is -0.337. The molecule has 0 radical (unpaired) electrons. The Hall–Kier alpha value is -3.81. The van der Waals surface area contributed by atoms with Gasteiger partial charge in [0.25, 0.3) is 0 Å². The van der Waals surface area contributed by atoms with Crippen molar-refractivity contribution in [2.75, 3.05) is 56.6 Å². The summed E-state index contributed by atoms with van der Waals surface area (Å²) in [5.41, 5.74) is 2.13. The fourth-order valence-corrected chi connectivity index (χ4v) is 5.49. The van der Waals surface area contributed by atoms with E-state index in [0.717, 1.165) is 49.8 Å². The number of thiophene rings is 1. The zero-order chi connectivity index (χ0) is 27.1. The molecule has 0 bridgehead atoms. The number of ether oxygens (including phenoxy) is 2. The van der Waals surface area contributed by atoms with Crippen LogP contribution < -0.4 is 16.0 Å². The molecule has 0 spiro atoms. The summed E-state index contributed by atoms with van der Waals surface area (Å²) in [7, 11) is 0. The predicted octanol–water partition coefficient (Wildman–Crippen LogP) is 3.80. The van der Waals surface area contributed by atoms with Gasteiger partial charge in [-0.2, -0.15) is 0 Å². The van der Waals surface area contributed by atoms with E-state index in [1.807, 2.05) is 24.3 Å². The Balaban J connectivity index is 1.22. The van der Waals surface area contributed by atoms with Crippen LogP contribution in [-0.2, 0) is 16.0 Å². The first-order valence-corrected chi connectivity index (χ1v) is 14.1. The van der Waals surface area contributed by atoms with E-state index < -0.39 is 0 Å². The molecule has 2 saturated heterocycles. The average Bonchev–Trinajstić information content (AvgIpc) is 3.47. The molecule has 11 nitrogen and oxygen atoms in total. The topological polar surface area (TPSA) is 126 Å². The molecule has 4 aromatic rings. The monoisotopic (exact) mass is 558 g/mol. The summed E-state index contributed by atoms with van der Waals surface area (Å²) in [6.45, 7) is 6.37. The van der Waals surface area contributed by atoms with Gasteiger partial charge < -0.3 is 25.4 Å². The second kappa shape index (κ2) is 12.6. The highest BCUT2D eigenvalue weighted by Gasteiger charge is 2.22. The van der Waals surface area contributed by atoms with Crippen molar-refractivity contribution in [1.29, 1.82) is 0 Å². The Labute approximate surface area is 236 Å². The predicted molar refractivity (Wildman–Crippen MR) is 153 cm³/mol. The fourth-order valence-electron chi connectivity index (χ4n) is 4.50. The zero-order valence-corrected chi connectivity index (χ0v) is 22.7. The van der Waals surface area contributed by atoms with Crippen LogP contribution in [0.5, 0.6) is 0 Å². The Kier molecular flexibility index (Phi) is 8.31. The van der Waals surface area contributed by atoms with Crippen LogP contribution in [0, 0.1) is 0 Å².